The van der Waals surface area contributed by atoms with Gasteiger partial charge >= 0.3 is 0 Å². The summed E-state index contributed by atoms with van der Waals surface area (Å²) in [6, 6.07) is 0. The molecular formula is C8H16N2. The summed E-state index contributed by atoms with van der Waals surface area (Å²) in [7, 11) is 1.98. The zero-order valence-corrected chi connectivity index (χ0v) is 6.85. The minimum absolute atomic E-state index is 0.838. The van der Waals surface area contributed by atoms with E-state index in [1.165, 1.54) is 0 Å². The Labute approximate surface area is 63.2 Å². The van der Waals surface area contributed by atoms with Crippen LogP contribution in [0.5, 0.6) is 0 Å². The van der Waals surface area contributed by atoms with Crippen molar-refractivity contribution in [3.8, 4) is 0 Å². The summed E-state index contributed by atoms with van der Waals surface area (Å²) in [4.78, 5) is 0. The van der Waals surface area contributed by atoms with Crippen LogP contribution in [-0.2, 0) is 0 Å². The van der Waals surface area contributed by atoms with Crippen LogP contribution >= 0.6 is 0 Å². The van der Waals surface area contributed by atoms with Gasteiger partial charge in [-0.05, 0) is 6.92 Å². The van der Waals surface area contributed by atoms with Crippen LogP contribution in [0, 0.1) is 0 Å². The van der Waals surface area contributed by atoms with E-state index in [9.17, 15) is 0 Å². The molecule has 0 bridgehead atoms. The minimum Gasteiger partial charge on any atom is -0.251 e. The van der Waals surface area contributed by atoms with E-state index in [1.807, 2.05) is 25.1 Å². The van der Waals surface area contributed by atoms with Gasteiger partial charge in [-0.25, -0.2) is 5.01 Å². The first-order valence-corrected chi connectivity index (χ1v) is 3.36. The van der Waals surface area contributed by atoms with Gasteiger partial charge in [0.05, 0.1) is 0 Å². The third kappa shape index (κ3) is 5.54. The molecule has 0 saturated carbocycles. The maximum absolute atomic E-state index is 3.77. The number of nitrogens with one attached hydrogen (secondary N) is 1. The molecule has 0 aromatic rings. The van der Waals surface area contributed by atoms with Gasteiger partial charge in [0.1, 0.15) is 0 Å². The summed E-state index contributed by atoms with van der Waals surface area (Å²) < 4.78 is 0. The van der Waals surface area contributed by atoms with Crippen molar-refractivity contribution in [3.05, 3.63) is 24.8 Å². The molecule has 58 valence electrons. The molecule has 0 aliphatic heterocycles. The molecule has 0 aromatic carbocycles. The summed E-state index contributed by atoms with van der Waals surface area (Å²) in [5, 5.41) is 1.97. The SMILES string of the molecule is C=CCN(C)NCC(=C)C. The van der Waals surface area contributed by atoms with Gasteiger partial charge in [-0.15, -0.1) is 6.58 Å². The highest BCUT2D eigenvalue weighted by molar-refractivity contribution is 4.90. The Balaban J connectivity index is 3.29. The molecule has 0 heterocycles. The van der Waals surface area contributed by atoms with Crippen LogP contribution in [-0.4, -0.2) is 25.1 Å². The van der Waals surface area contributed by atoms with Crippen molar-refractivity contribution in [3.63, 3.8) is 0 Å². The first-order chi connectivity index (χ1) is 4.66. The summed E-state index contributed by atoms with van der Waals surface area (Å²) >= 11 is 0. The molecule has 2 nitrogen and oxygen atoms in total. The molecule has 10 heavy (non-hydrogen) atoms. The average Bonchev–Trinajstić information content (AvgIpc) is 1.85. The van der Waals surface area contributed by atoms with E-state index in [0.29, 0.717) is 0 Å². The predicted molar refractivity (Wildman–Crippen MR) is 45.6 cm³/mol. The van der Waals surface area contributed by atoms with Gasteiger partial charge < -0.3 is 0 Å². The van der Waals surface area contributed by atoms with Gasteiger partial charge in [0.2, 0.25) is 0 Å². The summed E-state index contributed by atoms with van der Waals surface area (Å²) in [6.45, 7) is 11.1. The molecule has 0 fully saturated rings. The van der Waals surface area contributed by atoms with Crippen LogP contribution in [0.1, 0.15) is 6.92 Å². The van der Waals surface area contributed by atoms with E-state index >= 15 is 0 Å². The van der Waals surface area contributed by atoms with E-state index < -0.39 is 0 Å². The largest absolute Gasteiger partial charge is 0.251 e. The highest BCUT2D eigenvalue weighted by atomic mass is 15.5. The first kappa shape index (κ1) is 9.40. The number of nitrogens with zero attached hydrogens (tertiary/aromatic N) is 1. The van der Waals surface area contributed by atoms with Gasteiger partial charge in [0.15, 0.2) is 0 Å². The Hall–Kier alpha value is -0.600. The molecule has 0 spiro atoms. The van der Waals surface area contributed by atoms with Crippen molar-refractivity contribution < 1.29 is 0 Å². The van der Waals surface area contributed by atoms with E-state index in [1.54, 1.807) is 0 Å². The number of likely N-dealkylation sites (N-methyl/N-ethyl adjacent to an activating group) is 1. The topological polar surface area (TPSA) is 15.3 Å². The second-order valence-electron chi connectivity index (χ2n) is 2.46. The zero-order valence-electron chi connectivity index (χ0n) is 6.85. The Morgan fingerprint density at radius 1 is 1.70 bits per heavy atom. The van der Waals surface area contributed by atoms with Gasteiger partial charge in [-0.2, -0.15) is 0 Å². The lowest BCUT2D eigenvalue weighted by Gasteiger charge is -2.15. The van der Waals surface area contributed by atoms with Gasteiger partial charge in [0.25, 0.3) is 0 Å². The summed E-state index contributed by atoms with van der Waals surface area (Å²) in [5.41, 5.74) is 4.28. The lowest BCUT2D eigenvalue weighted by molar-refractivity contribution is 0.272. The second-order valence-corrected chi connectivity index (χ2v) is 2.46. The molecule has 0 amide bonds. The molecule has 0 saturated heterocycles. The number of hydrogen-bond acceptors (Lipinski definition) is 2. The van der Waals surface area contributed by atoms with E-state index in [2.05, 4.69) is 18.6 Å². The minimum atomic E-state index is 0.838. The van der Waals surface area contributed by atoms with Crippen molar-refractivity contribution >= 4 is 0 Å². The van der Waals surface area contributed by atoms with Crippen molar-refractivity contribution in [2.24, 2.45) is 0 Å². The Kier molecular flexibility index (Phi) is 4.89. The average molecular weight is 140 g/mol. The first-order valence-electron chi connectivity index (χ1n) is 3.36. The van der Waals surface area contributed by atoms with Crippen LogP contribution in [0.3, 0.4) is 0 Å². The fourth-order valence-corrected chi connectivity index (χ4v) is 0.528. The highest BCUT2D eigenvalue weighted by Crippen LogP contribution is 1.83. The Morgan fingerprint density at radius 3 is 2.70 bits per heavy atom. The second kappa shape index (κ2) is 5.21. The van der Waals surface area contributed by atoms with Gasteiger partial charge in [0, 0.05) is 20.1 Å². The van der Waals surface area contributed by atoms with Crippen LogP contribution < -0.4 is 5.43 Å². The molecule has 0 unspecified atom stereocenters. The third-order valence-corrected chi connectivity index (χ3v) is 1.05. The lowest BCUT2D eigenvalue weighted by atomic mass is 10.4. The molecule has 0 aromatic heterocycles. The predicted octanol–water partition coefficient (Wildman–Crippen LogP) is 1.18. The molecule has 2 heteroatoms. The standard InChI is InChI=1S/C8H16N2/c1-5-6-10(4)9-7-8(2)3/h5,9H,1-2,6-7H2,3-4H3. The highest BCUT2D eigenvalue weighted by Gasteiger charge is 1.91. The van der Waals surface area contributed by atoms with E-state index in [4.69, 9.17) is 0 Å². The smallest absolute Gasteiger partial charge is 0.0307 e. The fraction of sp³-hybridized carbons (Fsp3) is 0.500. The van der Waals surface area contributed by atoms with Gasteiger partial charge in [-0.1, -0.05) is 18.2 Å². The lowest BCUT2D eigenvalue weighted by Crippen LogP contribution is -2.35. The number of rotatable bonds is 5. The molecule has 1 N–H and O–H groups in total. The Morgan fingerprint density at radius 2 is 2.30 bits per heavy atom. The van der Waals surface area contributed by atoms with Crippen molar-refractivity contribution in [1.82, 2.24) is 10.4 Å². The molecule has 0 radical (unpaired) electrons. The van der Waals surface area contributed by atoms with Crippen LogP contribution in [0.4, 0.5) is 0 Å². The molecule has 0 aliphatic carbocycles. The van der Waals surface area contributed by atoms with Crippen molar-refractivity contribution in [1.29, 1.82) is 0 Å². The maximum atomic E-state index is 3.77. The van der Waals surface area contributed by atoms with Crippen molar-refractivity contribution in [2.45, 2.75) is 6.92 Å². The van der Waals surface area contributed by atoms with Crippen molar-refractivity contribution in [2.75, 3.05) is 20.1 Å². The van der Waals surface area contributed by atoms with Crippen LogP contribution in [0.25, 0.3) is 0 Å². The zero-order chi connectivity index (χ0) is 7.98. The summed E-state index contributed by atoms with van der Waals surface area (Å²) in [6.07, 6.45) is 1.85. The van der Waals surface area contributed by atoms with Crippen LogP contribution in [0.15, 0.2) is 24.8 Å². The van der Waals surface area contributed by atoms with Gasteiger partial charge in [-0.3, -0.25) is 5.43 Å². The number of hydrazine groups is 1. The maximum Gasteiger partial charge on any atom is 0.0307 e. The monoisotopic (exact) mass is 140 g/mol. The molecule has 0 aliphatic rings. The van der Waals surface area contributed by atoms with E-state index in [0.717, 1.165) is 18.7 Å². The summed E-state index contributed by atoms with van der Waals surface area (Å²) in [5.74, 6) is 0. The Bertz CT molecular complexity index is 118. The molecule has 0 rings (SSSR count). The molecule has 0 atom stereocenters. The van der Waals surface area contributed by atoms with E-state index in [-0.39, 0.29) is 0 Å². The fourth-order valence-electron chi connectivity index (χ4n) is 0.528. The molecular weight excluding hydrogens is 124 g/mol. The number of hydrogen-bond donors (Lipinski definition) is 1. The quantitative estimate of drug-likeness (QED) is 0.456. The third-order valence-electron chi connectivity index (χ3n) is 1.05. The van der Waals surface area contributed by atoms with Crippen LogP contribution in [0.2, 0.25) is 0 Å². The normalized spacial score (nSPS) is 9.90.